The van der Waals surface area contributed by atoms with Crippen LogP contribution in [0.1, 0.15) is 54.5 Å². The summed E-state index contributed by atoms with van der Waals surface area (Å²) in [6.45, 7) is 3.95. The largest absolute Gasteiger partial charge is 0.481 e. The van der Waals surface area contributed by atoms with Gasteiger partial charge in [-0.25, -0.2) is 8.78 Å². The van der Waals surface area contributed by atoms with Crippen LogP contribution in [0.3, 0.4) is 0 Å². The lowest BCUT2D eigenvalue weighted by Gasteiger charge is -2.17. The molecule has 4 aromatic rings. The predicted molar refractivity (Wildman–Crippen MR) is 159 cm³/mol. The number of pyridine rings is 1. The minimum absolute atomic E-state index is 0.191. The summed E-state index contributed by atoms with van der Waals surface area (Å²) in [6.07, 6.45) is 3.06. The van der Waals surface area contributed by atoms with Gasteiger partial charge < -0.3 is 25.2 Å². The molecule has 4 rings (SSSR count). The number of nitrogens with zero attached hydrogens (tertiary/aromatic N) is 2. The fourth-order valence-electron chi connectivity index (χ4n) is 4.95. The summed E-state index contributed by atoms with van der Waals surface area (Å²) in [6, 6.07) is 14.7. The monoisotopic (exact) mass is 589 g/mol. The molecule has 2 aromatic heterocycles. The molecule has 10 heteroatoms. The first-order valence-electron chi connectivity index (χ1n) is 13.8. The predicted octanol–water partition coefficient (Wildman–Crippen LogP) is 5.61. The molecule has 2 atom stereocenters. The zero-order valence-corrected chi connectivity index (χ0v) is 23.7. The third kappa shape index (κ3) is 7.79. The van der Waals surface area contributed by atoms with Crippen molar-refractivity contribution in [3.05, 3.63) is 108 Å². The van der Waals surface area contributed by atoms with Gasteiger partial charge in [-0.3, -0.25) is 14.6 Å². The molecule has 2 aromatic carbocycles. The molecule has 1 amide bonds. The Balaban J connectivity index is 1.93. The van der Waals surface area contributed by atoms with Crippen molar-refractivity contribution in [2.45, 2.75) is 51.5 Å². The minimum atomic E-state index is -1.27. The number of hydrogen-bond donors (Lipinski definition) is 4. The molecule has 8 nitrogen and oxygen atoms in total. The maximum absolute atomic E-state index is 14.0. The molecule has 0 fully saturated rings. The average molecular weight is 590 g/mol. The molecule has 224 valence electrons. The molecule has 4 N–H and O–H groups in total. The van der Waals surface area contributed by atoms with Crippen molar-refractivity contribution in [3.8, 4) is 22.3 Å². The zero-order valence-electron chi connectivity index (χ0n) is 23.7. The quantitative estimate of drug-likeness (QED) is 0.170. The number of aliphatic hydroxyl groups is 2. The summed E-state index contributed by atoms with van der Waals surface area (Å²) in [5, 5.41) is 32.6. The number of benzene rings is 2. The Morgan fingerprint density at radius 3 is 2.09 bits per heavy atom. The van der Waals surface area contributed by atoms with E-state index in [4.69, 9.17) is 5.11 Å². The maximum Gasteiger partial charge on any atom is 0.305 e. The van der Waals surface area contributed by atoms with Crippen molar-refractivity contribution in [2.24, 2.45) is 0 Å². The van der Waals surface area contributed by atoms with Crippen LogP contribution in [-0.4, -0.2) is 49.0 Å². The first-order chi connectivity index (χ1) is 20.5. The van der Waals surface area contributed by atoms with Crippen molar-refractivity contribution < 1.29 is 33.7 Å². The Morgan fingerprint density at radius 1 is 0.953 bits per heavy atom. The Hall–Kier alpha value is -4.67. The van der Waals surface area contributed by atoms with Crippen molar-refractivity contribution in [1.82, 2.24) is 14.9 Å². The number of aliphatic hydroxyl groups excluding tert-OH is 2. The number of carbonyl (C=O) groups excluding carboxylic acids is 1. The van der Waals surface area contributed by atoms with Crippen LogP contribution in [0.25, 0.3) is 28.3 Å². The van der Waals surface area contributed by atoms with Crippen LogP contribution in [0.2, 0.25) is 0 Å². The van der Waals surface area contributed by atoms with Crippen LogP contribution in [0, 0.1) is 11.6 Å². The molecule has 0 aliphatic heterocycles. The minimum Gasteiger partial charge on any atom is -0.481 e. The molecule has 0 bridgehead atoms. The van der Waals surface area contributed by atoms with Crippen LogP contribution in [0.5, 0.6) is 0 Å². The second-order valence-electron chi connectivity index (χ2n) is 10.4. The van der Waals surface area contributed by atoms with Crippen molar-refractivity contribution in [1.29, 1.82) is 0 Å². The molecule has 43 heavy (non-hydrogen) atoms. The van der Waals surface area contributed by atoms with Gasteiger partial charge in [0, 0.05) is 48.2 Å². The number of amides is 1. The summed E-state index contributed by atoms with van der Waals surface area (Å²) >= 11 is 0. The smallest absolute Gasteiger partial charge is 0.305 e. The fourth-order valence-corrected chi connectivity index (χ4v) is 4.95. The van der Waals surface area contributed by atoms with E-state index < -0.39 is 42.1 Å². The molecule has 2 heterocycles. The summed E-state index contributed by atoms with van der Waals surface area (Å²) in [7, 11) is 0. The van der Waals surface area contributed by atoms with Gasteiger partial charge in [-0.2, -0.15) is 0 Å². The van der Waals surface area contributed by atoms with Crippen LogP contribution < -0.4 is 5.32 Å². The fraction of sp³-hybridized carbons (Fsp3) is 0.242. The molecule has 0 unspecified atom stereocenters. The third-order valence-electron chi connectivity index (χ3n) is 6.82. The highest BCUT2D eigenvalue weighted by atomic mass is 19.1. The standard InChI is InChI=1S/C33H33F2N3O5/c1-20(2)38-28(14-13-26(39)16-27(40)17-29(41)42)30(22-5-9-24(34)10-6-22)31(23-7-11-25(35)12-8-23)32(38)33(43)37-19-21-4-3-15-36-18-21/h3-15,18,20,26-27,39-40H,16-17,19H2,1-2H3,(H,37,43)(H,41,42)/t26-,27+/m0/s1. The highest BCUT2D eigenvalue weighted by molar-refractivity contribution is 6.06. The van der Waals surface area contributed by atoms with Crippen molar-refractivity contribution in [2.75, 3.05) is 0 Å². The van der Waals surface area contributed by atoms with E-state index in [1.807, 2.05) is 19.9 Å². The maximum atomic E-state index is 14.0. The van der Waals surface area contributed by atoms with Crippen molar-refractivity contribution in [3.63, 3.8) is 0 Å². The van der Waals surface area contributed by atoms with E-state index in [-0.39, 0.29) is 24.7 Å². The second-order valence-corrected chi connectivity index (χ2v) is 10.4. The number of hydrogen-bond acceptors (Lipinski definition) is 5. The van der Waals surface area contributed by atoms with Gasteiger partial charge in [0.1, 0.15) is 17.3 Å². The third-order valence-corrected chi connectivity index (χ3v) is 6.82. The summed E-state index contributed by atoms with van der Waals surface area (Å²) in [5.41, 5.74) is 3.68. The van der Waals surface area contributed by atoms with Gasteiger partial charge >= 0.3 is 5.97 Å². The van der Waals surface area contributed by atoms with E-state index in [1.54, 1.807) is 53.4 Å². The van der Waals surface area contributed by atoms with E-state index in [9.17, 15) is 28.6 Å². The Morgan fingerprint density at radius 2 is 1.56 bits per heavy atom. The van der Waals surface area contributed by atoms with Gasteiger partial charge in [0.15, 0.2) is 0 Å². The van der Waals surface area contributed by atoms with E-state index in [2.05, 4.69) is 10.3 Å². The number of carbonyl (C=O) groups is 2. The number of carboxylic acids is 1. The van der Waals surface area contributed by atoms with Gasteiger partial charge in [0.05, 0.1) is 18.6 Å². The van der Waals surface area contributed by atoms with E-state index >= 15 is 0 Å². The van der Waals surface area contributed by atoms with Crippen LogP contribution in [0.4, 0.5) is 8.78 Å². The zero-order chi connectivity index (χ0) is 31.1. The van der Waals surface area contributed by atoms with Gasteiger partial charge in [-0.1, -0.05) is 36.4 Å². The summed E-state index contributed by atoms with van der Waals surface area (Å²) in [5.74, 6) is -2.52. The molecule has 0 aliphatic carbocycles. The molecule has 0 saturated heterocycles. The summed E-state index contributed by atoms with van der Waals surface area (Å²) < 4.78 is 29.8. The van der Waals surface area contributed by atoms with Crippen LogP contribution >= 0.6 is 0 Å². The molecule has 0 spiro atoms. The molecular weight excluding hydrogens is 556 g/mol. The van der Waals surface area contributed by atoms with E-state index in [1.165, 1.54) is 30.3 Å². The number of carboxylic acid groups (broad SMARTS) is 1. The number of nitrogens with one attached hydrogen (secondary N) is 1. The highest BCUT2D eigenvalue weighted by Gasteiger charge is 2.29. The molecule has 0 aliphatic rings. The molecule has 0 radical (unpaired) electrons. The first-order valence-corrected chi connectivity index (χ1v) is 13.8. The van der Waals surface area contributed by atoms with Crippen LogP contribution in [0.15, 0.2) is 79.1 Å². The van der Waals surface area contributed by atoms with Gasteiger partial charge in [-0.15, -0.1) is 0 Å². The Labute approximate surface area is 248 Å². The van der Waals surface area contributed by atoms with Gasteiger partial charge in [-0.05, 0) is 66.9 Å². The normalized spacial score (nSPS) is 12.9. The number of aromatic nitrogens is 2. The molecule has 0 saturated carbocycles. The number of halogens is 2. The number of aliphatic carboxylic acids is 1. The van der Waals surface area contributed by atoms with E-state index in [0.717, 1.165) is 5.56 Å². The lowest BCUT2D eigenvalue weighted by atomic mass is 9.94. The Kier molecular flexibility index (Phi) is 10.2. The second kappa shape index (κ2) is 14.0. The Bertz CT molecular complexity index is 1580. The van der Waals surface area contributed by atoms with E-state index in [0.29, 0.717) is 27.9 Å². The van der Waals surface area contributed by atoms with Gasteiger partial charge in [0.2, 0.25) is 0 Å². The average Bonchev–Trinajstić information content (AvgIpc) is 3.31. The lowest BCUT2D eigenvalue weighted by molar-refractivity contribution is -0.139. The first kappa shape index (κ1) is 31.3. The topological polar surface area (TPSA) is 125 Å². The van der Waals surface area contributed by atoms with Gasteiger partial charge in [0.25, 0.3) is 5.91 Å². The highest BCUT2D eigenvalue weighted by Crippen LogP contribution is 2.42. The van der Waals surface area contributed by atoms with Crippen molar-refractivity contribution >= 4 is 18.0 Å². The SMILES string of the molecule is CC(C)n1c(C=C[C@H](O)C[C@@H](O)CC(=O)O)c(-c2ccc(F)cc2)c(-c2ccc(F)cc2)c1C(=O)NCc1cccnc1. The lowest BCUT2D eigenvalue weighted by Crippen LogP contribution is -2.27. The number of rotatable bonds is 12. The van der Waals surface area contributed by atoms with Crippen LogP contribution in [-0.2, 0) is 11.3 Å². The molecular formula is C33H33F2N3O5. The summed E-state index contributed by atoms with van der Waals surface area (Å²) in [4.78, 5) is 29.0.